The van der Waals surface area contributed by atoms with Gasteiger partial charge in [0, 0.05) is 18.0 Å². The van der Waals surface area contributed by atoms with Crippen molar-refractivity contribution in [1.29, 1.82) is 0 Å². The third-order valence-corrected chi connectivity index (χ3v) is 3.37. The van der Waals surface area contributed by atoms with Crippen molar-refractivity contribution in [2.24, 2.45) is 0 Å². The van der Waals surface area contributed by atoms with Crippen LogP contribution in [0.5, 0.6) is 5.75 Å². The summed E-state index contributed by atoms with van der Waals surface area (Å²) in [6.07, 6.45) is 0. The van der Waals surface area contributed by atoms with E-state index >= 15 is 0 Å². The van der Waals surface area contributed by atoms with Crippen LogP contribution in [0.4, 0.5) is 5.69 Å². The quantitative estimate of drug-likeness (QED) is 0.763. The third kappa shape index (κ3) is 2.22. The van der Waals surface area contributed by atoms with Crippen molar-refractivity contribution >= 4 is 22.5 Å². The zero-order chi connectivity index (χ0) is 15.7. The molecule has 5 nitrogen and oxygen atoms in total. The second-order valence-electron chi connectivity index (χ2n) is 4.90. The van der Waals surface area contributed by atoms with Crippen molar-refractivity contribution in [2.45, 2.75) is 6.92 Å². The highest BCUT2D eigenvalue weighted by Gasteiger charge is 2.17. The molecule has 1 heterocycles. The SMILES string of the molecule is CC(=O)Nc1c(O)c2ccccc2n(-c2ccccc2)c1=O. The van der Waals surface area contributed by atoms with Gasteiger partial charge in [-0.1, -0.05) is 30.3 Å². The van der Waals surface area contributed by atoms with Gasteiger partial charge >= 0.3 is 0 Å². The van der Waals surface area contributed by atoms with E-state index in [1.165, 1.54) is 11.5 Å². The van der Waals surface area contributed by atoms with Gasteiger partial charge in [0.25, 0.3) is 5.56 Å². The van der Waals surface area contributed by atoms with Crippen LogP contribution in [0.15, 0.2) is 59.4 Å². The van der Waals surface area contributed by atoms with E-state index in [4.69, 9.17) is 0 Å². The highest BCUT2D eigenvalue weighted by Crippen LogP contribution is 2.30. The second kappa shape index (κ2) is 5.37. The molecule has 0 atom stereocenters. The average Bonchev–Trinajstić information content (AvgIpc) is 2.52. The molecule has 0 aliphatic carbocycles. The molecule has 3 aromatic rings. The fraction of sp³-hybridized carbons (Fsp3) is 0.0588. The molecule has 22 heavy (non-hydrogen) atoms. The monoisotopic (exact) mass is 294 g/mol. The Balaban J connectivity index is 2.45. The smallest absolute Gasteiger partial charge is 0.283 e. The number of fused-ring (bicyclic) bond motifs is 1. The number of benzene rings is 2. The number of pyridine rings is 1. The number of nitrogens with zero attached hydrogens (tertiary/aromatic N) is 1. The van der Waals surface area contributed by atoms with Crippen LogP contribution >= 0.6 is 0 Å². The van der Waals surface area contributed by atoms with Crippen LogP contribution in [0.25, 0.3) is 16.6 Å². The normalized spacial score (nSPS) is 10.6. The first-order valence-corrected chi connectivity index (χ1v) is 6.79. The summed E-state index contributed by atoms with van der Waals surface area (Å²) in [7, 11) is 0. The number of nitrogens with one attached hydrogen (secondary N) is 1. The van der Waals surface area contributed by atoms with Gasteiger partial charge in [0.05, 0.1) is 5.52 Å². The molecular weight excluding hydrogens is 280 g/mol. The first-order valence-electron chi connectivity index (χ1n) is 6.79. The van der Waals surface area contributed by atoms with E-state index in [0.717, 1.165) is 0 Å². The first-order chi connectivity index (χ1) is 10.6. The van der Waals surface area contributed by atoms with E-state index in [0.29, 0.717) is 16.6 Å². The molecule has 0 bridgehead atoms. The number of anilines is 1. The number of aromatic hydroxyl groups is 1. The lowest BCUT2D eigenvalue weighted by Gasteiger charge is -2.15. The molecule has 1 amide bonds. The van der Waals surface area contributed by atoms with Crippen LogP contribution in [0.1, 0.15) is 6.92 Å². The van der Waals surface area contributed by atoms with Gasteiger partial charge < -0.3 is 10.4 Å². The van der Waals surface area contributed by atoms with Gasteiger partial charge in [0.2, 0.25) is 5.91 Å². The van der Waals surface area contributed by atoms with Crippen molar-refractivity contribution < 1.29 is 9.90 Å². The number of carbonyl (C=O) groups excluding carboxylic acids is 1. The predicted molar refractivity (Wildman–Crippen MR) is 85.5 cm³/mol. The number of aromatic nitrogens is 1. The van der Waals surface area contributed by atoms with Gasteiger partial charge in [-0.25, -0.2) is 0 Å². The Labute approximate surface area is 126 Å². The van der Waals surface area contributed by atoms with Crippen LogP contribution < -0.4 is 10.9 Å². The van der Waals surface area contributed by atoms with Crippen molar-refractivity contribution in [1.82, 2.24) is 4.57 Å². The zero-order valence-corrected chi connectivity index (χ0v) is 11.9. The van der Waals surface area contributed by atoms with Crippen molar-refractivity contribution in [3.63, 3.8) is 0 Å². The Morgan fingerprint density at radius 3 is 2.36 bits per heavy atom. The standard InChI is InChI=1S/C17H14N2O3/c1-11(20)18-15-16(21)13-9-5-6-10-14(13)19(17(15)22)12-7-3-2-4-8-12/h2-10,21H,1H3,(H,18,20). The summed E-state index contributed by atoms with van der Waals surface area (Å²) in [6.45, 7) is 1.29. The molecule has 0 spiro atoms. The molecule has 0 fully saturated rings. The minimum atomic E-state index is -0.474. The number of hydrogen-bond donors (Lipinski definition) is 2. The van der Waals surface area contributed by atoms with E-state index in [-0.39, 0.29) is 11.4 Å². The molecule has 0 saturated carbocycles. The van der Waals surface area contributed by atoms with Crippen molar-refractivity contribution in [3.8, 4) is 11.4 Å². The molecule has 5 heteroatoms. The van der Waals surface area contributed by atoms with Crippen LogP contribution in [0.3, 0.4) is 0 Å². The lowest BCUT2D eigenvalue weighted by atomic mass is 10.1. The Hall–Kier alpha value is -3.08. The molecule has 2 N–H and O–H groups in total. The zero-order valence-electron chi connectivity index (χ0n) is 11.9. The van der Waals surface area contributed by atoms with Crippen molar-refractivity contribution in [3.05, 3.63) is 65.0 Å². The van der Waals surface area contributed by atoms with Gasteiger partial charge in [-0.2, -0.15) is 0 Å². The maximum Gasteiger partial charge on any atom is 0.283 e. The highest BCUT2D eigenvalue weighted by molar-refractivity contribution is 5.97. The lowest BCUT2D eigenvalue weighted by molar-refractivity contribution is -0.114. The summed E-state index contributed by atoms with van der Waals surface area (Å²) >= 11 is 0. The number of para-hydroxylation sites is 2. The largest absolute Gasteiger partial charge is 0.505 e. The molecule has 110 valence electrons. The number of rotatable bonds is 2. The van der Waals surface area contributed by atoms with Crippen LogP contribution in [0.2, 0.25) is 0 Å². The summed E-state index contributed by atoms with van der Waals surface area (Å²) < 4.78 is 1.47. The molecule has 0 radical (unpaired) electrons. The summed E-state index contributed by atoms with van der Waals surface area (Å²) in [5, 5.41) is 13.2. The minimum Gasteiger partial charge on any atom is -0.505 e. The Morgan fingerprint density at radius 1 is 1.05 bits per heavy atom. The average molecular weight is 294 g/mol. The van der Waals surface area contributed by atoms with Crippen LogP contribution in [-0.4, -0.2) is 15.6 Å². The van der Waals surface area contributed by atoms with Crippen LogP contribution in [0, 0.1) is 0 Å². The number of carbonyl (C=O) groups is 1. The molecule has 2 aromatic carbocycles. The van der Waals surface area contributed by atoms with Gasteiger partial charge in [-0.3, -0.25) is 14.2 Å². The molecule has 1 aromatic heterocycles. The minimum absolute atomic E-state index is 0.116. The Morgan fingerprint density at radius 2 is 1.68 bits per heavy atom. The number of amides is 1. The van der Waals surface area contributed by atoms with E-state index in [1.54, 1.807) is 36.4 Å². The van der Waals surface area contributed by atoms with Gasteiger partial charge in [0.1, 0.15) is 0 Å². The fourth-order valence-electron chi connectivity index (χ4n) is 2.45. The predicted octanol–water partition coefficient (Wildman–Crippen LogP) is 2.65. The molecule has 0 saturated heterocycles. The number of hydrogen-bond acceptors (Lipinski definition) is 3. The van der Waals surface area contributed by atoms with E-state index in [1.807, 2.05) is 18.2 Å². The first kappa shape index (κ1) is 13.9. The fourth-order valence-corrected chi connectivity index (χ4v) is 2.45. The van der Waals surface area contributed by atoms with Crippen molar-refractivity contribution in [2.75, 3.05) is 5.32 Å². The maximum atomic E-state index is 12.7. The van der Waals surface area contributed by atoms with E-state index in [9.17, 15) is 14.7 Å². The molecule has 0 aliphatic rings. The Bertz CT molecular complexity index is 914. The van der Waals surface area contributed by atoms with E-state index < -0.39 is 11.5 Å². The molecule has 3 rings (SSSR count). The Kier molecular flexibility index (Phi) is 3.39. The topological polar surface area (TPSA) is 71.3 Å². The summed E-state index contributed by atoms with van der Waals surface area (Å²) in [5.41, 5.74) is 0.647. The summed E-state index contributed by atoms with van der Waals surface area (Å²) in [6, 6.07) is 16.1. The van der Waals surface area contributed by atoms with Gasteiger partial charge in [0.15, 0.2) is 11.4 Å². The third-order valence-electron chi connectivity index (χ3n) is 3.37. The lowest BCUT2D eigenvalue weighted by Crippen LogP contribution is -2.24. The molecule has 0 unspecified atom stereocenters. The molecular formula is C17H14N2O3. The highest BCUT2D eigenvalue weighted by atomic mass is 16.3. The van der Waals surface area contributed by atoms with Gasteiger partial charge in [-0.05, 0) is 24.3 Å². The second-order valence-corrected chi connectivity index (χ2v) is 4.90. The maximum absolute atomic E-state index is 12.7. The van der Waals surface area contributed by atoms with E-state index in [2.05, 4.69) is 5.32 Å². The summed E-state index contributed by atoms with van der Waals surface area (Å²) in [4.78, 5) is 24.1. The summed E-state index contributed by atoms with van der Waals surface area (Å²) in [5.74, 6) is -0.634. The molecule has 0 aliphatic heterocycles. The van der Waals surface area contributed by atoms with Gasteiger partial charge in [-0.15, -0.1) is 0 Å². The van der Waals surface area contributed by atoms with Crippen LogP contribution in [-0.2, 0) is 4.79 Å².